The Balaban J connectivity index is 1.75. The van der Waals surface area contributed by atoms with Gasteiger partial charge in [-0.2, -0.15) is 0 Å². The van der Waals surface area contributed by atoms with Crippen molar-refractivity contribution in [3.05, 3.63) is 34.1 Å². The molecular formula is C14H16BrFN2O. The lowest BCUT2D eigenvalue weighted by Gasteiger charge is -2.24. The monoisotopic (exact) mass is 326 g/mol. The predicted octanol–water partition coefficient (Wildman–Crippen LogP) is 2.41. The van der Waals surface area contributed by atoms with Gasteiger partial charge in [0, 0.05) is 24.7 Å². The number of nitrogens with one attached hydrogen (secondary N) is 1. The van der Waals surface area contributed by atoms with E-state index in [1.54, 1.807) is 12.1 Å². The third kappa shape index (κ3) is 2.54. The highest BCUT2D eigenvalue weighted by Gasteiger charge is 2.36. The van der Waals surface area contributed by atoms with E-state index in [4.69, 9.17) is 0 Å². The molecule has 0 aromatic heterocycles. The molecule has 0 spiro atoms. The summed E-state index contributed by atoms with van der Waals surface area (Å²) in [5.74, 6) is 0.0983. The van der Waals surface area contributed by atoms with E-state index in [0.29, 0.717) is 22.0 Å². The Morgan fingerprint density at radius 2 is 2.26 bits per heavy atom. The molecule has 2 aliphatic rings. The van der Waals surface area contributed by atoms with E-state index in [2.05, 4.69) is 21.2 Å². The summed E-state index contributed by atoms with van der Waals surface area (Å²) >= 11 is 3.10. The minimum Gasteiger partial charge on any atom is -0.337 e. The van der Waals surface area contributed by atoms with Gasteiger partial charge in [-0.15, -0.1) is 0 Å². The van der Waals surface area contributed by atoms with Gasteiger partial charge in [0.2, 0.25) is 0 Å². The number of carbonyl (C=O) groups excluding carboxylic acids is 1. The molecule has 2 saturated heterocycles. The van der Waals surface area contributed by atoms with Gasteiger partial charge in [0.25, 0.3) is 5.91 Å². The van der Waals surface area contributed by atoms with E-state index in [9.17, 15) is 9.18 Å². The average Bonchev–Trinajstić information content (AvgIpc) is 2.85. The van der Waals surface area contributed by atoms with Crippen molar-refractivity contribution < 1.29 is 9.18 Å². The van der Waals surface area contributed by atoms with Crippen molar-refractivity contribution in [1.82, 2.24) is 10.2 Å². The van der Waals surface area contributed by atoms with Crippen LogP contribution < -0.4 is 5.32 Å². The molecule has 102 valence electrons. The lowest BCUT2D eigenvalue weighted by molar-refractivity contribution is 0.0785. The van der Waals surface area contributed by atoms with E-state index in [0.717, 1.165) is 19.6 Å². The second-order valence-electron chi connectivity index (χ2n) is 5.30. The molecule has 1 aromatic rings. The van der Waals surface area contributed by atoms with E-state index < -0.39 is 0 Å². The topological polar surface area (TPSA) is 32.3 Å². The van der Waals surface area contributed by atoms with Crippen LogP contribution in [0.15, 0.2) is 22.7 Å². The maximum Gasteiger partial charge on any atom is 0.254 e. The van der Waals surface area contributed by atoms with Crippen molar-refractivity contribution in [2.45, 2.75) is 18.9 Å². The fraction of sp³-hybridized carbons (Fsp3) is 0.500. The molecule has 2 aliphatic heterocycles. The standard InChI is InChI=1S/C14H16BrFN2O/c15-11-4-3-9(6-12(11)16)14(19)18-7-10-2-1-5-17-13(10)8-18/h3-4,6,10,13,17H,1-2,5,7-8H2/t10-,13+/m0/s1. The summed E-state index contributed by atoms with van der Waals surface area (Å²) in [6, 6.07) is 4.98. The zero-order chi connectivity index (χ0) is 13.4. The molecular weight excluding hydrogens is 311 g/mol. The normalized spacial score (nSPS) is 26.3. The van der Waals surface area contributed by atoms with Crippen LogP contribution in [0.4, 0.5) is 4.39 Å². The van der Waals surface area contributed by atoms with Crippen molar-refractivity contribution >= 4 is 21.8 Å². The maximum atomic E-state index is 13.5. The van der Waals surface area contributed by atoms with Gasteiger partial charge in [0.1, 0.15) is 5.82 Å². The molecule has 0 saturated carbocycles. The molecule has 1 aromatic carbocycles. The van der Waals surface area contributed by atoms with Crippen LogP contribution in [0.25, 0.3) is 0 Å². The van der Waals surface area contributed by atoms with E-state index >= 15 is 0 Å². The summed E-state index contributed by atoms with van der Waals surface area (Å²) in [6.45, 7) is 2.56. The Morgan fingerprint density at radius 1 is 1.42 bits per heavy atom. The second kappa shape index (κ2) is 5.21. The number of fused-ring (bicyclic) bond motifs is 1. The highest BCUT2D eigenvalue weighted by molar-refractivity contribution is 9.10. The molecule has 19 heavy (non-hydrogen) atoms. The molecule has 5 heteroatoms. The molecule has 3 rings (SSSR count). The van der Waals surface area contributed by atoms with Crippen molar-refractivity contribution in [1.29, 1.82) is 0 Å². The van der Waals surface area contributed by atoms with Crippen LogP contribution in [-0.4, -0.2) is 36.5 Å². The van der Waals surface area contributed by atoms with Crippen molar-refractivity contribution in [3.8, 4) is 0 Å². The number of piperidine rings is 1. The van der Waals surface area contributed by atoms with Crippen LogP contribution >= 0.6 is 15.9 Å². The number of nitrogens with zero attached hydrogens (tertiary/aromatic N) is 1. The van der Waals surface area contributed by atoms with Gasteiger partial charge < -0.3 is 10.2 Å². The quantitative estimate of drug-likeness (QED) is 0.859. The van der Waals surface area contributed by atoms with Gasteiger partial charge in [0.05, 0.1) is 4.47 Å². The Hall–Kier alpha value is -0.940. The summed E-state index contributed by atoms with van der Waals surface area (Å²) in [6.07, 6.45) is 2.35. The summed E-state index contributed by atoms with van der Waals surface area (Å²) in [4.78, 5) is 14.2. The van der Waals surface area contributed by atoms with Crippen LogP contribution in [-0.2, 0) is 0 Å². The zero-order valence-electron chi connectivity index (χ0n) is 10.5. The Morgan fingerprint density at radius 3 is 3.00 bits per heavy atom. The van der Waals surface area contributed by atoms with Gasteiger partial charge in [-0.25, -0.2) is 4.39 Å². The molecule has 0 aliphatic carbocycles. The minimum atomic E-state index is -0.388. The van der Waals surface area contributed by atoms with Gasteiger partial charge in [-0.1, -0.05) is 0 Å². The number of rotatable bonds is 1. The van der Waals surface area contributed by atoms with E-state index in [1.807, 2.05) is 4.90 Å². The molecule has 1 N–H and O–H groups in total. The predicted molar refractivity (Wildman–Crippen MR) is 74.5 cm³/mol. The van der Waals surface area contributed by atoms with Gasteiger partial charge in [0.15, 0.2) is 0 Å². The van der Waals surface area contributed by atoms with Crippen LogP contribution in [0.3, 0.4) is 0 Å². The number of amides is 1. The number of carbonyl (C=O) groups is 1. The zero-order valence-corrected chi connectivity index (χ0v) is 12.1. The maximum absolute atomic E-state index is 13.5. The van der Waals surface area contributed by atoms with Crippen molar-refractivity contribution in [3.63, 3.8) is 0 Å². The molecule has 1 amide bonds. The molecule has 0 bridgehead atoms. The molecule has 2 heterocycles. The molecule has 0 unspecified atom stereocenters. The van der Waals surface area contributed by atoms with E-state index in [1.165, 1.54) is 18.9 Å². The fourth-order valence-corrected chi connectivity index (χ4v) is 3.27. The third-order valence-corrected chi connectivity index (χ3v) is 4.70. The summed E-state index contributed by atoms with van der Waals surface area (Å²) in [5, 5.41) is 3.46. The summed E-state index contributed by atoms with van der Waals surface area (Å²) < 4.78 is 13.9. The lowest BCUT2D eigenvalue weighted by atomic mass is 9.94. The number of hydrogen-bond donors (Lipinski definition) is 1. The summed E-state index contributed by atoms with van der Waals surface area (Å²) in [7, 11) is 0. The SMILES string of the molecule is O=C(c1ccc(Br)c(F)c1)N1C[C@@H]2CCCN[C@@H]2C1. The number of halogens is 2. The Kier molecular flexibility index (Phi) is 3.58. The van der Waals surface area contributed by atoms with Gasteiger partial charge in [-0.3, -0.25) is 4.79 Å². The largest absolute Gasteiger partial charge is 0.337 e. The number of benzene rings is 1. The van der Waals surface area contributed by atoms with Gasteiger partial charge in [-0.05, 0) is 59.4 Å². The highest BCUT2D eigenvalue weighted by Crippen LogP contribution is 2.26. The molecule has 2 fully saturated rings. The average molecular weight is 327 g/mol. The second-order valence-corrected chi connectivity index (χ2v) is 6.16. The van der Waals surface area contributed by atoms with Crippen molar-refractivity contribution in [2.24, 2.45) is 5.92 Å². The fourth-order valence-electron chi connectivity index (χ4n) is 3.02. The molecule has 0 radical (unpaired) electrons. The molecule has 2 atom stereocenters. The Labute approximate surface area is 120 Å². The first-order valence-electron chi connectivity index (χ1n) is 6.63. The lowest BCUT2D eigenvalue weighted by Crippen LogP contribution is -2.41. The third-order valence-electron chi connectivity index (χ3n) is 4.05. The van der Waals surface area contributed by atoms with Crippen LogP contribution in [0.1, 0.15) is 23.2 Å². The first-order chi connectivity index (χ1) is 9.15. The number of hydrogen-bond acceptors (Lipinski definition) is 2. The van der Waals surface area contributed by atoms with Crippen LogP contribution in [0.2, 0.25) is 0 Å². The van der Waals surface area contributed by atoms with E-state index in [-0.39, 0.29) is 11.7 Å². The van der Waals surface area contributed by atoms with Crippen LogP contribution in [0.5, 0.6) is 0 Å². The highest BCUT2D eigenvalue weighted by atomic mass is 79.9. The molecule has 3 nitrogen and oxygen atoms in total. The smallest absolute Gasteiger partial charge is 0.254 e. The van der Waals surface area contributed by atoms with Crippen LogP contribution in [0, 0.1) is 11.7 Å². The first kappa shape index (κ1) is 13.1. The summed E-state index contributed by atoms with van der Waals surface area (Å²) in [5.41, 5.74) is 0.430. The minimum absolute atomic E-state index is 0.0670. The first-order valence-corrected chi connectivity index (χ1v) is 7.42. The van der Waals surface area contributed by atoms with Gasteiger partial charge >= 0.3 is 0 Å². The van der Waals surface area contributed by atoms with Crippen molar-refractivity contribution in [2.75, 3.05) is 19.6 Å². The number of likely N-dealkylation sites (tertiary alicyclic amines) is 1. The Bertz CT molecular complexity index is 494.